The van der Waals surface area contributed by atoms with Gasteiger partial charge in [-0.1, -0.05) is 26.2 Å². The molecule has 1 aliphatic rings. The minimum absolute atomic E-state index is 0.218. The van der Waals surface area contributed by atoms with Crippen molar-refractivity contribution >= 4 is 18.1 Å². The molecule has 126 valence electrons. The highest BCUT2D eigenvalue weighted by molar-refractivity contribution is 6.00. The summed E-state index contributed by atoms with van der Waals surface area (Å²) in [6.45, 7) is 2.44. The quantitative estimate of drug-likeness (QED) is 0.473. The lowest BCUT2D eigenvalue weighted by Gasteiger charge is -2.23. The van der Waals surface area contributed by atoms with E-state index in [2.05, 4.69) is 10.6 Å². The number of hydrogen-bond acceptors (Lipinski definition) is 3. The van der Waals surface area contributed by atoms with E-state index in [-0.39, 0.29) is 12.1 Å². The summed E-state index contributed by atoms with van der Waals surface area (Å²) in [5.41, 5.74) is 0. The molecule has 1 aliphatic carbocycles. The highest BCUT2D eigenvalue weighted by Gasteiger charge is 2.30. The van der Waals surface area contributed by atoms with Gasteiger partial charge in [-0.3, -0.25) is 4.58 Å². The highest BCUT2D eigenvalue weighted by atomic mass is 16.5. The van der Waals surface area contributed by atoms with E-state index < -0.39 is 6.09 Å². The molecule has 0 radical (unpaired) electrons. The number of nitrogens with zero attached hydrogens (tertiary/aromatic N) is 2. The summed E-state index contributed by atoms with van der Waals surface area (Å²) >= 11 is 0. The Labute approximate surface area is 132 Å². The fourth-order valence-corrected chi connectivity index (χ4v) is 2.61. The Morgan fingerprint density at radius 3 is 2.36 bits per heavy atom. The molecule has 0 heterocycles. The molecule has 0 spiro atoms. The van der Waals surface area contributed by atoms with Crippen LogP contribution >= 0.6 is 0 Å². The molecule has 7 heteroatoms. The maximum absolute atomic E-state index is 12.2. The molecule has 7 nitrogen and oxygen atoms in total. The van der Waals surface area contributed by atoms with E-state index in [9.17, 15) is 9.59 Å². The predicted molar refractivity (Wildman–Crippen MR) is 85.1 cm³/mol. The van der Waals surface area contributed by atoms with E-state index in [0.29, 0.717) is 12.5 Å². The molecule has 0 saturated heterocycles. The van der Waals surface area contributed by atoms with E-state index in [0.717, 1.165) is 32.1 Å². The summed E-state index contributed by atoms with van der Waals surface area (Å²) in [4.78, 5) is 25.5. The van der Waals surface area contributed by atoms with E-state index >= 15 is 0 Å². The lowest BCUT2D eigenvalue weighted by atomic mass is 9.96. The number of carbonyl (C=O) groups is 2. The normalized spacial score (nSPS) is 14.9. The zero-order valence-electron chi connectivity index (χ0n) is 14.1. The molecule has 0 aromatic carbocycles. The predicted octanol–water partition coefficient (Wildman–Crippen LogP) is 1.72. The Morgan fingerprint density at radius 1 is 1.23 bits per heavy atom. The van der Waals surface area contributed by atoms with Crippen LogP contribution in [0.4, 0.5) is 9.59 Å². The highest BCUT2D eigenvalue weighted by Crippen LogP contribution is 2.17. The van der Waals surface area contributed by atoms with Crippen molar-refractivity contribution in [3.8, 4) is 0 Å². The summed E-state index contributed by atoms with van der Waals surface area (Å²) in [6, 6.07) is -0.0597. The first kappa shape index (κ1) is 18.3. The molecule has 1 rings (SSSR count). The van der Waals surface area contributed by atoms with E-state index in [4.69, 9.17) is 4.74 Å². The number of ether oxygens (including phenoxy) is 1. The second-order valence-corrected chi connectivity index (χ2v) is 5.77. The first-order valence-corrected chi connectivity index (χ1v) is 7.96. The Kier molecular flexibility index (Phi) is 7.70. The average Bonchev–Trinajstić information content (AvgIpc) is 2.50. The van der Waals surface area contributed by atoms with E-state index in [1.807, 2.05) is 6.92 Å². The fourth-order valence-electron chi connectivity index (χ4n) is 2.61. The number of rotatable bonds is 3. The number of carbonyl (C=O) groups excluding carboxylic acids is 2. The fraction of sp³-hybridized carbons (Fsp3) is 0.800. The third-order valence-electron chi connectivity index (χ3n) is 3.69. The topological polar surface area (TPSA) is 73.7 Å². The van der Waals surface area contributed by atoms with Gasteiger partial charge < -0.3 is 10.1 Å². The lowest BCUT2D eigenvalue weighted by molar-refractivity contribution is -0.471. The van der Waals surface area contributed by atoms with Crippen LogP contribution < -0.4 is 10.6 Å². The molecule has 0 aromatic rings. The van der Waals surface area contributed by atoms with Crippen LogP contribution in [0.3, 0.4) is 0 Å². The SMILES string of the molecule is CCCN(C(=O)OC)C(NC(=O)NC1CCCCC1)=[N+](C)C. The number of guanidine groups is 1. The van der Waals surface area contributed by atoms with Crippen molar-refractivity contribution in [2.75, 3.05) is 27.7 Å². The molecule has 0 aliphatic heterocycles. The smallest absolute Gasteiger partial charge is 0.441 e. The Balaban J connectivity index is 2.71. The molecule has 0 aromatic heterocycles. The number of nitrogens with one attached hydrogen (secondary N) is 2. The van der Waals surface area contributed by atoms with Crippen LogP contribution in [0.25, 0.3) is 0 Å². The lowest BCUT2D eigenvalue weighted by Crippen LogP contribution is -2.55. The van der Waals surface area contributed by atoms with Crippen LogP contribution in [-0.2, 0) is 4.74 Å². The van der Waals surface area contributed by atoms with Gasteiger partial charge in [0.1, 0.15) is 0 Å². The van der Waals surface area contributed by atoms with Gasteiger partial charge in [-0.2, -0.15) is 10.2 Å². The monoisotopic (exact) mass is 313 g/mol. The summed E-state index contributed by atoms with van der Waals surface area (Å²) in [6.07, 6.45) is 5.85. The van der Waals surface area contributed by atoms with E-state index in [1.54, 1.807) is 18.7 Å². The van der Waals surface area contributed by atoms with Gasteiger partial charge in [-0.15, -0.1) is 0 Å². The minimum atomic E-state index is -0.483. The third-order valence-corrected chi connectivity index (χ3v) is 3.69. The average molecular weight is 313 g/mol. The molecule has 1 fully saturated rings. The Hall–Kier alpha value is -1.79. The molecule has 2 N–H and O–H groups in total. The third kappa shape index (κ3) is 5.54. The first-order valence-electron chi connectivity index (χ1n) is 7.96. The molecular weight excluding hydrogens is 284 g/mol. The van der Waals surface area contributed by atoms with Gasteiger partial charge >= 0.3 is 18.1 Å². The van der Waals surface area contributed by atoms with Crippen molar-refractivity contribution in [1.29, 1.82) is 0 Å². The standard InChI is InChI=1S/C15H28N4O3/c1-5-11-19(15(21)22-4)14(18(2)3)17-13(20)16-12-9-7-6-8-10-12/h12H,5-11H2,1-4H3,(H,16,20)/p+1. The van der Waals surface area contributed by atoms with E-state index in [1.165, 1.54) is 18.4 Å². The molecule has 3 amide bonds. The molecule has 0 atom stereocenters. The van der Waals surface area contributed by atoms with Crippen molar-refractivity contribution in [2.24, 2.45) is 0 Å². The van der Waals surface area contributed by atoms with Crippen LogP contribution in [0.5, 0.6) is 0 Å². The van der Waals surface area contributed by atoms with Gasteiger partial charge in [-0.05, 0) is 19.3 Å². The van der Waals surface area contributed by atoms with Gasteiger partial charge in [0.2, 0.25) is 0 Å². The van der Waals surface area contributed by atoms with Crippen molar-refractivity contribution in [1.82, 2.24) is 15.5 Å². The maximum atomic E-state index is 12.2. The maximum Gasteiger partial charge on any atom is 0.478 e. The summed E-state index contributed by atoms with van der Waals surface area (Å²) in [5, 5.41) is 5.76. The van der Waals surface area contributed by atoms with Gasteiger partial charge in [0.25, 0.3) is 0 Å². The largest absolute Gasteiger partial charge is 0.478 e. The first-order chi connectivity index (χ1) is 10.5. The van der Waals surface area contributed by atoms with Crippen molar-refractivity contribution in [2.45, 2.75) is 51.5 Å². The minimum Gasteiger partial charge on any atom is -0.441 e. The molecular formula is C15H29N4O3+. The second kappa shape index (κ2) is 9.27. The van der Waals surface area contributed by atoms with Gasteiger partial charge in [0.15, 0.2) is 0 Å². The number of methoxy groups -OCH3 is 1. The van der Waals surface area contributed by atoms with Crippen LogP contribution in [-0.4, -0.2) is 61.4 Å². The van der Waals surface area contributed by atoms with Crippen molar-refractivity contribution in [3.05, 3.63) is 0 Å². The van der Waals surface area contributed by atoms with Crippen LogP contribution in [0, 0.1) is 0 Å². The molecule has 22 heavy (non-hydrogen) atoms. The Morgan fingerprint density at radius 2 is 1.86 bits per heavy atom. The summed E-state index contributed by atoms with van der Waals surface area (Å²) in [7, 11) is 4.89. The van der Waals surface area contributed by atoms with Gasteiger partial charge in [0, 0.05) is 6.04 Å². The second-order valence-electron chi connectivity index (χ2n) is 5.77. The van der Waals surface area contributed by atoms with Crippen LogP contribution in [0.15, 0.2) is 0 Å². The zero-order valence-corrected chi connectivity index (χ0v) is 14.1. The number of urea groups is 1. The number of hydrogen-bond donors (Lipinski definition) is 2. The summed E-state index contributed by atoms with van der Waals surface area (Å²) in [5.74, 6) is 0.419. The zero-order chi connectivity index (χ0) is 16.5. The van der Waals surface area contributed by atoms with Crippen LogP contribution in [0.1, 0.15) is 45.4 Å². The van der Waals surface area contributed by atoms with Gasteiger partial charge in [0.05, 0.1) is 27.7 Å². The number of amides is 3. The molecule has 0 unspecified atom stereocenters. The Bertz CT molecular complexity index is 413. The summed E-state index contributed by atoms with van der Waals surface area (Å²) < 4.78 is 6.50. The van der Waals surface area contributed by atoms with Crippen LogP contribution in [0.2, 0.25) is 0 Å². The molecule has 0 bridgehead atoms. The molecule has 1 saturated carbocycles. The van der Waals surface area contributed by atoms with Gasteiger partial charge in [-0.25, -0.2) is 9.59 Å². The van der Waals surface area contributed by atoms with Crippen molar-refractivity contribution in [3.63, 3.8) is 0 Å². The van der Waals surface area contributed by atoms with Crippen molar-refractivity contribution < 1.29 is 18.9 Å².